The first-order chi connectivity index (χ1) is 18.2. The number of ether oxygens (including phenoxy) is 1. The fraction of sp³-hybridized carbons (Fsp3) is 0.735. The first-order valence-electron chi connectivity index (χ1n) is 15.4. The molecule has 1 aromatic rings. The van der Waals surface area contributed by atoms with Crippen LogP contribution in [-0.4, -0.2) is 35.0 Å². The molecule has 1 aromatic carbocycles. The van der Waals surface area contributed by atoms with Gasteiger partial charge in [-0.25, -0.2) is 4.79 Å². The average molecular weight is 523 g/mol. The summed E-state index contributed by atoms with van der Waals surface area (Å²) >= 11 is 0. The van der Waals surface area contributed by atoms with E-state index in [0.717, 1.165) is 51.4 Å². The highest BCUT2D eigenvalue weighted by atomic mass is 16.5. The van der Waals surface area contributed by atoms with E-state index < -0.39 is 0 Å². The Bertz CT molecular complexity index is 1000. The maximum atomic E-state index is 12.7. The number of allylic oxidation sites excluding steroid dienone is 1. The summed E-state index contributed by atoms with van der Waals surface area (Å²) in [5, 5.41) is 20.8. The van der Waals surface area contributed by atoms with E-state index in [1.807, 2.05) is 30.3 Å². The largest absolute Gasteiger partial charge is 0.458 e. The molecule has 0 aliphatic heterocycles. The van der Waals surface area contributed by atoms with Gasteiger partial charge in [0.1, 0.15) is 6.10 Å². The summed E-state index contributed by atoms with van der Waals surface area (Å²) in [7, 11) is 0. The van der Waals surface area contributed by atoms with Crippen LogP contribution in [0, 0.1) is 46.3 Å². The first-order valence-corrected chi connectivity index (χ1v) is 15.4. The number of carbonyl (C=O) groups excluding carboxylic acids is 1. The molecule has 2 N–H and O–H groups in total. The van der Waals surface area contributed by atoms with Crippen molar-refractivity contribution in [3.63, 3.8) is 0 Å². The van der Waals surface area contributed by atoms with Crippen molar-refractivity contribution < 1.29 is 19.7 Å². The highest BCUT2D eigenvalue weighted by Gasteiger charge is 2.61. The van der Waals surface area contributed by atoms with Crippen LogP contribution >= 0.6 is 0 Å². The molecule has 3 fully saturated rings. The third kappa shape index (κ3) is 5.01. The Kier molecular flexibility index (Phi) is 8.14. The first kappa shape index (κ1) is 27.9. The molecule has 0 spiro atoms. The molecule has 38 heavy (non-hydrogen) atoms. The van der Waals surface area contributed by atoms with E-state index in [4.69, 9.17) is 4.74 Å². The monoisotopic (exact) mass is 522 g/mol. The standard InChI is InChI=1S/C34H50O4/c1-22(21-35)9-8-10-23(2)31-30(36)20-29-27-14-13-25-19-26(38-32(37)24-11-6-5-7-12-24)15-17-33(25,3)28(27)16-18-34(29,31)4/h5-7,11-13,22-23,26-31,35-36H,8-10,14-21H2,1-4H3/t22-,23+,26+,27+,28-,29-,30+,31-,33-,34-/m0/s1. The lowest BCUT2D eigenvalue weighted by Crippen LogP contribution is -2.51. The summed E-state index contributed by atoms with van der Waals surface area (Å²) in [6.07, 6.45) is 13.1. The zero-order chi connectivity index (χ0) is 27.1. The summed E-state index contributed by atoms with van der Waals surface area (Å²) in [6, 6.07) is 9.36. The molecule has 0 unspecified atom stereocenters. The highest BCUT2D eigenvalue weighted by Crippen LogP contribution is 2.67. The van der Waals surface area contributed by atoms with E-state index in [0.29, 0.717) is 41.1 Å². The van der Waals surface area contributed by atoms with Gasteiger partial charge in [0.15, 0.2) is 0 Å². The minimum atomic E-state index is -0.201. The van der Waals surface area contributed by atoms with Crippen molar-refractivity contribution in [1.29, 1.82) is 0 Å². The van der Waals surface area contributed by atoms with Gasteiger partial charge in [0.25, 0.3) is 0 Å². The number of benzene rings is 1. The van der Waals surface area contributed by atoms with Gasteiger partial charge >= 0.3 is 5.97 Å². The topological polar surface area (TPSA) is 66.8 Å². The van der Waals surface area contributed by atoms with Crippen LogP contribution in [0.5, 0.6) is 0 Å². The predicted molar refractivity (Wildman–Crippen MR) is 151 cm³/mol. The lowest BCUT2D eigenvalue weighted by molar-refractivity contribution is -0.0638. The molecular weight excluding hydrogens is 472 g/mol. The van der Waals surface area contributed by atoms with Crippen LogP contribution in [0.1, 0.15) is 102 Å². The normalized spacial score (nSPS) is 39.8. The second kappa shape index (κ2) is 11.1. The van der Waals surface area contributed by atoms with Gasteiger partial charge in [-0.2, -0.15) is 0 Å². The van der Waals surface area contributed by atoms with Crippen LogP contribution in [0.4, 0.5) is 0 Å². The van der Waals surface area contributed by atoms with Gasteiger partial charge < -0.3 is 14.9 Å². The molecule has 0 bridgehead atoms. The Balaban J connectivity index is 1.26. The van der Waals surface area contributed by atoms with E-state index in [1.54, 1.807) is 0 Å². The zero-order valence-electron chi connectivity index (χ0n) is 24.1. The van der Waals surface area contributed by atoms with Crippen LogP contribution in [-0.2, 0) is 4.74 Å². The Hall–Kier alpha value is -1.65. The lowest BCUT2D eigenvalue weighted by Gasteiger charge is -2.58. The van der Waals surface area contributed by atoms with Gasteiger partial charge in [0, 0.05) is 13.0 Å². The quantitative estimate of drug-likeness (QED) is 0.280. The second-order valence-corrected chi connectivity index (χ2v) is 14.0. The number of hydrogen-bond donors (Lipinski definition) is 2. The number of fused-ring (bicyclic) bond motifs is 5. The van der Waals surface area contributed by atoms with Gasteiger partial charge in [-0.3, -0.25) is 0 Å². The van der Waals surface area contributed by atoms with E-state index in [-0.39, 0.29) is 35.6 Å². The molecule has 0 amide bonds. The van der Waals surface area contributed by atoms with Crippen molar-refractivity contribution >= 4 is 5.97 Å². The maximum absolute atomic E-state index is 12.7. The Morgan fingerprint density at radius 1 is 1.08 bits per heavy atom. The molecule has 0 radical (unpaired) electrons. The third-order valence-corrected chi connectivity index (χ3v) is 11.7. The summed E-state index contributed by atoms with van der Waals surface area (Å²) in [5.41, 5.74) is 2.55. The SMILES string of the molecule is C[C@H](CO)CCC[C@@H](C)[C@H]1[C@H](O)C[C@H]2[C@@H]3CC=C4C[C@H](OC(=O)c5ccccc5)CC[C@]4(C)[C@H]3CC[C@]12C. The van der Waals surface area contributed by atoms with Crippen LogP contribution in [0.25, 0.3) is 0 Å². The highest BCUT2D eigenvalue weighted by molar-refractivity contribution is 5.89. The molecule has 3 saturated carbocycles. The van der Waals surface area contributed by atoms with E-state index in [2.05, 4.69) is 33.8 Å². The van der Waals surface area contributed by atoms with E-state index in [1.165, 1.54) is 18.4 Å². The van der Waals surface area contributed by atoms with Crippen molar-refractivity contribution in [3.05, 3.63) is 47.5 Å². The predicted octanol–water partition coefficient (Wildman–Crippen LogP) is 7.20. The van der Waals surface area contributed by atoms with E-state index in [9.17, 15) is 15.0 Å². The van der Waals surface area contributed by atoms with Crippen LogP contribution in [0.3, 0.4) is 0 Å². The van der Waals surface area contributed by atoms with Gasteiger partial charge in [-0.1, -0.05) is 70.4 Å². The Labute approximate surface area is 230 Å². The minimum absolute atomic E-state index is 0.0282. The molecule has 4 aliphatic carbocycles. The van der Waals surface area contributed by atoms with Gasteiger partial charge in [-0.05, 0) is 103 Å². The zero-order valence-corrected chi connectivity index (χ0v) is 24.1. The fourth-order valence-electron chi connectivity index (χ4n) is 9.66. The van der Waals surface area contributed by atoms with Gasteiger partial charge in [0.05, 0.1) is 11.7 Å². The number of rotatable bonds is 8. The third-order valence-electron chi connectivity index (χ3n) is 11.7. The summed E-state index contributed by atoms with van der Waals surface area (Å²) < 4.78 is 5.97. The maximum Gasteiger partial charge on any atom is 0.338 e. The van der Waals surface area contributed by atoms with Crippen LogP contribution < -0.4 is 0 Å². The van der Waals surface area contributed by atoms with Crippen LogP contribution in [0.15, 0.2) is 42.0 Å². The molecule has 5 rings (SSSR count). The molecule has 0 heterocycles. The minimum Gasteiger partial charge on any atom is -0.458 e. The van der Waals surface area contributed by atoms with Crippen molar-refractivity contribution in [1.82, 2.24) is 0 Å². The number of esters is 1. The summed E-state index contributed by atoms with van der Waals surface area (Å²) in [6.45, 7) is 9.76. The van der Waals surface area contributed by atoms with Gasteiger partial charge in [0.2, 0.25) is 0 Å². The smallest absolute Gasteiger partial charge is 0.338 e. The summed E-state index contributed by atoms with van der Waals surface area (Å²) in [5.74, 6) is 2.96. The van der Waals surface area contributed by atoms with Crippen molar-refractivity contribution in [2.45, 2.75) is 104 Å². The second-order valence-electron chi connectivity index (χ2n) is 14.0. The number of hydrogen-bond acceptors (Lipinski definition) is 4. The molecule has 4 heteroatoms. The molecule has 0 saturated heterocycles. The van der Waals surface area contributed by atoms with E-state index >= 15 is 0 Å². The Morgan fingerprint density at radius 2 is 1.84 bits per heavy atom. The number of aliphatic hydroxyl groups excluding tert-OH is 2. The Morgan fingerprint density at radius 3 is 2.58 bits per heavy atom. The fourth-order valence-corrected chi connectivity index (χ4v) is 9.66. The molecule has 4 nitrogen and oxygen atoms in total. The van der Waals surface area contributed by atoms with Crippen molar-refractivity contribution in [2.75, 3.05) is 6.61 Å². The molecule has 0 aromatic heterocycles. The van der Waals surface area contributed by atoms with Crippen molar-refractivity contribution in [3.8, 4) is 0 Å². The van der Waals surface area contributed by atoms with Crippen molar-refractivity contribution in [2.24, 2.45) is 46.3 Å². The molecule has 210 valence electrons. The summed E-state index contributed by atoms with van der Waals surface area (Å²) in [4.78, 5) is 12.7. The average Bonchev–Trinajstić information content (AvgIpc) is 3.19. The number of aliphatic hydroxyl groups is 2. The van der Waals surface area contributed by atoms with Gasteiger partial charge in [-0.15, -0.1) is 0 Å². The van der Waals surface area contributed by atoms with Crippen LogP contribution in [0.2, 0.25) is 0 Å². The molecule has 10 atom stereocenters. The number of carbonyl (C=O) groups is 1. The molecule has 4 aliphatic rings. The molecular formula is C34H50O4. The lowest BCUT2D eigenvalue weighted by atomic mass is 9.47.